The number of ether oxygens (including phenoxy) is 2. The molecule has 8 nitrogen and oxygen atoms in total. The molecule has 0 aliphatic carbocycles. The van der Waals surface area contributed by atoms with Gasteiger partial charge in [-0.2, -0.15) is 4.83 Å². The second-order valence-corrected chi connectivity index (χ2v) is 6.27. The van der Waals surface area contributed by atoms with Gasteiger partial charge in [-0.25, -0.2) is 8.42 Å². The van der Waals surface area contributed by atoms with Crippen LogP contribution in [0.4, 0.5) is 0 Å². The number of nitrogens with two attached hydrogens (primary N) is 1. The summed E-state index contributed by atoms with van der Waals surface area (Å²) in [5, 5.41) is -1.73. The molecule has 0 saturated carbocycles. The summed E-state index contributed by atoms with van der Waals surface area (Å²) < 4.78 is 32.8. The van der Waals surface area contributed by atoms with Gasteiger partial charge >= 0.3 is 11.9 Å². The molecule has 112 valence electrons. The van der Waals surface area contributed by atoms with Gasteiger partial charge in [0.2, 0.25) is 10.0 Å². The molecule has 0 aromatic heterocycles. The van der Waals surface area contributed by atoms with Crippen molar-refractivity contribution in [1.29, 1.82) is 0 Å². The summed E-state index contributed by atoms with van der Waals surface area (Å²) in [4.78, 5) is 24.6. The van der Waals surface area contributed by atoms with E-state index >= 15 is 0 Å². The molecule has 9 heteroatoms. The third kappa shape index (κ3) is 6.50. The van der Waals surface area contributed by atoms with Crippen LogP contribution in [0.25, 0.3) is 0 Å². The Kier molecular flexibility index (Phi) is 6.95. The summed E-state index contributed by atoms with van der Waals surface area (Å²) in [6, 6.07) is 0. The van der Waals surface area contributed by atoms with E-state index in [-0.39, 0.29) is 0 Å². The summed E-state index contributed by atoms with van der Waals surface area (Å²) in [5.41, 5.74) is 0. The molecule has 1 atom stereocenters. The second-order valence-electron chi connectivity index (χ2n) is 4.38. The highest BCUT2D eigenvalue weighted by molar-refractivity contribution is 7.90. The number of sulfonamides is 1. The Labute approximate surface area is 112 Å². The summed E-state index contributed by atoms with van der Waals surface area (Å²) in [6.45, 7) is 6.33. The van der Waals surface area contributed by atoms with E-state index in [0.717, 1.165) is 0 Å². The largest absolute Gasteiger partial charge is 0.463 e. The van der Waals surface area contributed by atoms with E-state index in [2.05, 4.69) is 0 Å². The molecular formula is C10H20N2O6S. The van der Waals surface area contributed by atoms with Crippen LogP contribution in [-0.4, -0.2) is 37.8 Å². The summed E-state index contributed by atoms with van der Waals surface area (Å²) in [6.07, 6.45) is -1.58. The average molecular weight is 296 g/mol. The quantitative estimate of drug-likeness (QED) is 0.366. The lowest BCUT2D eigenvalue weighted by Gasteiger charge is -2.17. The van der Waals surface area contributed by atoms with Crippen LogP contribution in [0.2, 0.25) is 0 Å². The van der Waals surface area contributed by atoms with Crippen molar-refractivity contribution in [1.82, 2.24) is 4.83 Å². The van der Waals surface area contributed by atoms with Crippen LogP contribution in [0.3, 0.4) is 0 Å². The van der Waals surface area contributed by atoms with Crippen molar-refractivity contribution in [2.75, 3.05) is 0 Å². The number of hydrogen-bond donors (Lipinski definition) is 2. The van der Waals surface area contributed by atoms with Gasteiger partial charge in [0.1, 0.15) is 0 Å². The highest BCUT2D eigenvalue weighted by Gasteiger charge is 2.36. The van der Waals surface area contributed by atoms with Crippen molar-refractivity contribution in [3.63, 3.8) is 0 Å². The monoisotopic (exact) mass is 296 g/mol. The molecule has 1 unspecified atom stereocenters. The van der Waals surface area contributed by atoms with Crippen molar-refractivity contribution in [3.05, 3.63) is 0 Å². The van der Waals surface area contributed by atoms with Crippen LogP contribution in [0.1, 0.15) is 34.1 Å². The van der Waals surface area contributed by atoms with Gasteiger partial charge < -0.3 is 9.47 Å². The SMILES string of the molecule is CC(C)OC(=O)CC(C(=O)OC(C)C)S(=O)(=O)NN. The van der Waals surface area contributed by atoms with Gasteiger partial charge in [0.05, 0.1) is 18.6 Å². The van der Waals surface area contributed by atoms with Gasteiger partial charge in [-0.3, -0.25) is 15.4 Å². The molecule has 0 heterocycles. The third-order valence-electron chi connectivity index (χ3n) is 1.87. The molecule has 0 fully saturated rings. The summed E-state index contributed by atoms with van der Waals surface area (Å²) in [7, 11) is -4.18. The van der Waals surface area contributed by atoms with Gasteiger partial charge in [0.25, 0.3) is 0 Å². The third-order valence-corrected chi connectivity index (χ3v) is 3.31. The minimum absolute atomic E-state index is 0.414. The molecule has 0 aromatic rings. The van der Waals surface area contributed by atoms with Gasteiger partial charge in [-0.1, -0.05) is 0 Å². The van der Waals surface area contributed by atoms with Crippen molar-refractivity contribution in [2.24, 2.45) is 5.84 Å². The fraction of sp³-hybridized carbons (Fsp3) is 0.800. The fourth-order valence-electron chi connectivity index (χ4n) is 1.17. The number of carbonyl (C=O) groups excluding carboxylic acids is 2. The minimum Gasteiger partial charge on any atom is -0.463 e. The highest BCUT2D eigenvalue weighted by Crippen LogP contribution is 2.10. The molecule has 0 saturated heterocycles. The Morgan fingerprint density at radius 1 is 1.11 bits per heavy atom. The lowest BCUT2D eigenvalue weighted by atomic mass is 10.3. The molecule has 3 N–H and O–H groups in total. The standard InChI is InChI=1S/C10H20N2O6S/c1-6(2)17-9(13)5-8(19(15,16)12-11)10(14)18-7(3)4/h6-8,12H,5,11H2,1-4H3. The maximum atomic E-state index is 11.7. The molecule has 19 heavy (non-hydrogen) atoms. The van der Waals surface area contributed by atoms with Crippen molar-refractivity contribution in [2.45, 2.75) is 51.6 Å². The fourth-order valence-corrected chi connectivity index (χ4v) is 2.00. The predicted molar refractivity (Wildman–Crippen MR) is 67.1 cm³/mol. The van der Waals surface area contributed by atoms with Crippen LogP contribution in [-0.2, 0) is 29.1 Å². The highest BCUT2D eigenvalue weighted by atomic mass is 32.2. The maximum Gasteiger partial charge on any atom is 0.326 e. The van der Waals surface area contributed by atoms with Crippen LogP contribution >= 0.6 is 0 Å². The maximum absolute atomic E-state index is 11.7. The first kappa shape index (κ1) is 17.8. The first-order valence-corrected chi connectivity index (χ1v) is 7.26. The van der Waals surface area contributed by atoms with Crippen LogP contribution in [0.5, 0.6) is 0 Å². The number of hydrazine groups is 1. The number of carbonyl (C=O) groups is 2. The molecule has 0 aliphatic rings. The molecule has 0 spiro atoms. The molecule has 0 radical (unpaired) electrons. The van der Waals surface area contributed by atoms with Crippen LogP contribution in [0, 0.1) is 0 Å². The smallest absolute Gasteiger partial charge is 0.326 e. The minimum atomic E-state index is -4.18. The first-order chi connectivity index (χ1) is 8.60. The summed E-state index contributed by atoms with van der Waals surface area (Å²) >= 11 is 0. The van der Waals surface area contributed by atoms with E-state index in [1.54, 1.807) is 27.7 Å². The van der Waals surface area contributed by atoms with Crippen molar-refractivity contribution in [3.8, 4) is 0 Å². The Morgan fingerprint density at radius 2 is 1.58 bits per heavy atom. The van der Waals surface area contributed by atoms with E-state index in [4.69, 9.17) is 15.3 Å². The van der Waals surface area contributed by atoms with Crippen molar-refractivity contribution >= 4 is 22.0 Å². The van der Waals surface area contributed by atoms with Crippen LogP contribution < -0.4 is 10.7 Å². The predicted octanol–water partition coefficient (Wildman–Crippen LogP) is -0.559. The number of esters is 2. The lowest BCUT2D eigenvalue weighted by Crippen LogP contribution is -2.45. The van der Waals surface area contributed by atoms with Gasteiger partial charge in [0, 0.05) is 0 Å². The van der Waals surface area contributed by atoms with E-state index in [1.165, 1.54) is 4.83 Å². The Hall–Kier alpha value is -1.19. The van der Waals surface area contributed by atoms with Crippen molar-refractivity contribution < 1.29 is 27.5 Å². The average Bonchev–Trinajstić information content (AvgIpc) is 2.23. The zero-order valence-corrected chi connectivity index (χ0v) is 12.2. The van der Waals surface area contributed by atoms with Gasteiger partial charge in [-0.15, -0.1) is 0 Å². The van der Waals surface area contributed by atoms with Gasteiger partial charge in [-0.05, 0) is 27.7 Å². The van der Waals surface area contributed by atoms with Crippen LogP contribution in [0.15, 0.2) is 0 Å². The van der Waals surface area contributed by atoms with E-state index in [9.17, 15) is 18.0 Å². The zero-order chi connectivity index (χ0) is 15.2. The Balaban J connectivity index is 4.99. The van der Waals surface area contributed by atoms with Gasteiger partial charge in [0.15, 0.2) is 5.25 Å². The number of rotatable bonds is 7. The molecular weight excluding hydrogens is 276 g/mol. The molecule has 0 rings (SSSR count). The second kappa shape index (κ2) is 7.41. The van der Waals surface area contributed by atoms with E-state index in [0.29, 0.717) is 0 Å². The zero-order valence-electron chi connectivity index (χ0n) is 11.4. The Bertz CT molecular complexity index is 418. The number of hydrogen-bond acceptors (Lipinski definition) is 7. The van der Waals surface area contributed by atoms with E-state index in [1.807, 2.05) is 0 Å². The number of nitrogens with one attached hydrogen (secondary N) is 1. The molecule has 0 aliphatic heterocycles. The normalized spacial score (nSPS) is 13.4. The first-order valence-electron chi connectivity index (χ1n) is 5.71. The molecule has 0 amide bonds. The molecule has 0 bridgehead atoms. The summed E-state index contributed by atoms with van der Waals surface area (Å²) in [5.74, 6) is 2.99. The lowest BCUT2D eigenvalue weighted by molar-refractivity contribution is -0.153. The van der Waals surface area contributed by atoms with E-state index < -0.39 is 45.8 Å². The molecule has 0 aromatic carbocycles. The topological polar surface area (TPSA) is 125 Å². The Morgan fingerprint density at radius 3 is 1.95 bits per heavy atom.